The maximum absolute atomic E-state index is 8.75. The van der Waals surface area contributed by atoms with E-state index in [0.29, 0.717) is 10.8 Å². The summed E-state index contributed by atoms with van der Waals surface area (Å²) in [5.74, 6) is 0.512. The molecule has 0 spiro atoms. The highest BCUT2D eigenvalue weighted by Crippen LogP contribution is 2.34. The SMILES string of the molecule is N#Cc1snnc1C1CCCC1. The summed E-state index contributed by atoms with van der Waals surface area (Å²) in [6.07, 6.45) is 4.90. The van der Waals surface area contributed by atoms with E-state index in [-0.39, 0.29) is 0 Å². The molecule has 0 amide bonds. The first-order valence-corrected chi connectivity index (χ1v) is 4.91. The van der Waals surface area contributed by atoms with Crippen LogP contribution in [0.25, 0.3) is 0 Å². The fraction of sp³-hybridized carbons (Fsp3) is 0.625. The predicted molar refractivity (Wildman–Crippen MR) is 45.8 cm³/mol. The van der Waals surface area contributed by atoms with E-state index in [1.54, 1.807) is 0 Å². The fourth-order valence-corrected chi connectivity index (χ4v) is 2.29. The molecule has 4 heteroatoms. The number of hydrogen-bond acceptors (Lipinski definition) is 4. The molecule has 1 aromatic rings. The number of nitriles is 1. The van der Waals surface area contributed by atoms with Crippen molar-refractivity contribution in [2.75, 3.05) is 0 Å². The van der Waals surface area contributed by atoms with Gasteiger partial charge in [-0.15, -0.1) is 5.10 Å². The highest BCUT2D eigenvalue weighted by molar-refractivity contribution is 7.06. The zero-order valence-electron chi connectivity index (χ0n) is 6.66. The Kier molecular flexibility index (Phi) is 2.05. The predicted octanol–water partition coefficient (Wildman–Crippen LogP) is 2.07. The molecule has 0 radical (unpaired) electrons. The lowest BCUT2D eigenvalue weighted by molar-refractivity contribution is 0.691. The van der Waals surface area contributed by atoms with Gasteiger partial charge in [-0.3, -0.25) is 0 Å². The summed E-state index contributed by atoms with van der Waals surface area (Å²) in [7, 11) is 0. The first kappa shape index (κ1) is 7.69. The summed E-state index contributed by atoms with van der Waals surface area (Å²) < 4.78 is 3.81. The summed E-state index contributed by atoms with van der Waals surface area (Å²) in [6.45, 7) is 0. The molecule has 1 aliphatic carbocycles. The monoisotopic (exact) mass is 179 g/mol. The molecule has 3 nitrogen and oxygen atoms in total. The third-order valence-electron chi connectivity index (χ3n) is 2.36. The lowest BCUT2D eigenvalue weighted by Crippen LogP contribution is -1.94. The minimum atomic E-state index is 0.512. The van der Waals surface area contributed by atoms with Crippen LogP contribution >= 0.6 is 11.5 Å². The standard InChI is InChI=1S/C8H9N3S/c9-5-7-8(10-11-12-7)6-3-1-2-4-6/h6H,1-4H2. The van der Waals surface area contributed by atoms with E-state index in [1.807, 2.05) is 0 Å². The van der Waals surface area contributed by atoms with Crippen molar-refractivity contribution in [3.8, 4) is 6.07 Å². The van der Waals surface area contributed by atoms with Crippen LogP contribution in [-0.2, 0) is 0 Å². The number of hydrogen-bond donors (Lipinski definition) is 0. The van der Waals surface area contributed by atoms with Gasteiger partial charge < -0.3 is 0 Å². The summed E-state index contributed by atoms with van der Waals surface area (Å²) in [5, 5.41) is 12.8. The fourth-order valence-electron chi connectivity index (χ4n) is 1.74. The Labute approximate surface area is 75.2 Å². The van der Waals surface area contributed by atoms with Crippen LogP contribution in [0.2, 0.25) is 0 Å². The van der Waals surface area contributed by atoms with Gasteiger partial charge in [-0.1, -0.05) is 17.3 Å². The molecule has 0 unspecified atom stereocenters. The second kappa shape index (κ2) is 3.20. The Morgan fingerprint density at radius 3 is 2.83 bits per heavy atom. The van der Waals surface area contributed by atoms with Crippen molar-refractivity contribution in [3.05, 3.63) is 10.6 Å². The maximum atomic E-state index is 8.75. The maximum Gasteiger partial charge on any atom is 0.149 e. The van der Waals surface area contributed by atoms with E-state index < -0.39 is 0 Å². The minimum Gasteiger partial charge on any atom is -0.191 e. The molecule has 1 saturated carbocycles. The van der Waals surface area contributed by atoms with Crippen LogP contribution in [0.4, 0.5) is 0 Å². The van der Waals surface area contributed by atoms with Crippen LogP contribution in [0.3, 0.4) is 0 Å². The van der Waals surface area contributed by atoms with Gasteiger partial charge in [-0.05, 0) is 24.4 Å². The molecule has 1 aromatic heterocycles. The summed E-state index contributed by atoms with van der Waals surface area (Å²) in [4.78, 5) is 0.710. The molecule has 0 aromatic carbocycles. The van der Waals surface area contributed by atoms with Gasteiger partial charge in [0.2, 0.25) is 0 Å². The van der Waals surface area contributed by atoms with Crippen LogP contribution < -0.4 is 0 Å². The Morgan fingerprint density at radius 1 is 1.42 bits per heavy atom. The largest absolute Gasteiger partial charge is 0.191 e. The van der Waals surface area contributed by atoms with Crippen LogP contribution in [0.5, 0.6) is 0 Å². The lowest BCUT2D eigenvalue weighted by atomic mass is 10.0. The lowest BCUT2D eigenvalue weighted by Gasteiger charge is -2.02. The van der Waals surface area contributed by atoms with Crippen molar-refractivity contribution in [3.63, 3.8) is 0 Å². The number of rotatable bonds is 1. The van der Waals surface area contributed by atoms with Crippen molar-refractivity contribution in [1.82, 2.24) is 9.59 Å². The average Bonchev–Trinajstić information content (AvgIpc) is 2.74. The Morgan fingerprint density at radius 2 is 2.17 bits per heavy atom. The van der Waals surface area contributed by atoms with E-state index in [1.165, 1.54) is 37.2 Å². The second-order valence-electron chi connectivity index (χ2n) is 3.08. The Bertz CT molecular complexity index is 306. The zero-order valence-corrected chi connectivity index (χ0v) is 7.47. The van der Waals surface area contributed by atoms with Crippen molar-refractivity contribution < 1.29 is 0 Å². The van der Waals surface area contributed by atoms with Gasteiger partial charge in [0, 0.05) is 5.92 Å². The quantitative estimate of drug-likeness (QED) is 0.663. The van der Waals surface area contributed by atoms with Crippen molar-refractivity contribution in [2.45, 2.75) is 31.6 Å². The second-order valence-corrected chi connectivity index (χ2v) is 3.83. The zero-order chi connectivity index (χ0) is 8.39. The van der Waals surface area contributed by atoms with Crippen LogP contribution in [0.1, 0.15) is 42.2 Å². The molecule has 0 bridgehead atoms. The van der Waals surface area contributed by atoms with Crippen LogP contribution in [0, 0.1) is 11.3 Å². The highest BCUT2D eigenvalue weighted by Gasteiger charge is 2.22. The third kappa shape index (κ3) is 1.21. The van der Waals surface area contributed by atoms with Crippen molar-refractivity contribution in [1.29, 1.82) is 5.26 Å². The van der Waals surface area contributed by atoms with Gasteiger partial charge in [0.15, 0.2) is 0 Å². The van der Waals surface area contributed by atoms with Gasteiger partial charge in [-0.2, -0.15) is 5.26 Å². The van der Waals surface area contributed by atoms with Crippen molar-refractivity contribution >= 4 is 11.5 Å². The molecule has 62 valence electrons. The van der Waals surface area contributed by atoms with Gasteiger partial charge in [0.05, 0.1) is 5.69 Å². The number of nitrogens with zero attached hydrogens (tertiary/aromatic N) is 3. The Hall–Kier alpha value is -0.950. The topological polar surface area (TPSA) is 49.6 Å². The minimum absolute atomic E-state index is 0.512. The number of aromatic nitrogens is 2. The molecule has 0 aliphatic heterocycles. The Balaban J connectivity index is 2.27. The normalized spacial score (nSPS) is 17.9. The van der Waals surface area contributed by atoms with Crippen LogP contribution in [0.15, 0.2) is 0 Å². The van der Waals surface area contributed by atoms with Crippen LogP contribution in [-0.4, -0.2) is 9.59 Å². The van der Waals surface area contributed by atoms with E-state index in [9.17, 15) is 0 Å². The summed E-state index contributed by atoms with van der Waals surface area (Å²) in [5.41, 5.74) is 0.944. The molecule has 1 heterocycles. The molecule has 0 N–H and O–H groups in total. The summed E-state index contributed by atoms with van der Waals surface area (Å²) >= 11 is 1.21. The molecule has 1 aliphatic rings. The molecular formula is C8H9N3S. The highest BCUT2D eigenvalue weighted by atomic mass is 32.1. The molecular weight excluding hydrogens is 170 g/mol. The first-order valence-electron chi connectivity index (χ1n) is 4.14. The molecule has 12 heavy (non-hydrogen) atoms. The van der Waals surface area contributed by atoms with E-state index in [2.05, 4.69) is 15.7 Å². The molecule has 1 fully saturated rings. The molecule has 2 rings (SSSR count). The molecule has 0 atom stereocenters. The van der Waals surface area contributed by atoms with E-state index >= 15 is 0 Å². The van der Waals surface area contributed by atoms with Gasteiger partial charge >= 0.3 is 0 Å². The van der Waals surface area contributed by atoms with Gasteiger partial charge in [0.25, 0.3) is 0 Å². The third-order valence-corrected chi connectivity index (χ3v) is 3.00. The summed E-state index contributed by atoms with van der Waals surface area (Å²) in [6, 6.07) is 2.15. The average molecular weight is 179 g/mol. The van der Waals surface area contributed by atoms with E-state index in [4.69, 9.17) is 5.26 Å². The van der Waals surface area contributed by atoms with Gasteiger partial charge in [-0.25, -0.2) is 0 Å². The smallest absolute Gasteiger partial charge is 0.149 e. The molecule has 0 saturated heterocycles. The van der Waals surface area contributed by atoms with E-state index in [0.717, 1.165) is 5.69 Å². The first-order chi connectivity index (χ1) is 5.92. The van der Waals surface area contributed by atoms with Gasteiger partial charge in [0.1, 0.15) is 10.9 Å². The van der Waals surface area contributed by atoms with Crippen molar-refractivity contribution in [2.24, 2.45) is 0 Å².